The van der Waals surface area contributed by atoms with Gasteiger partial charge in [-0.3, -0.25) is 27.8 Å². The first kappa shape index (κ1) is 38.1. The average Bonchev–Trinajstić information content (AvgIpc) is 3.85. The number of rotatable bonds is 11. The number of phosphoric ester groups is 1. The summed E-state index contributed by atoms with van der Waals surface area (Å²) in [5.74, 6) is -1.04. The van der Waals surface area contributed by atoms with Crippen molar-refractivity contribution in [3.05, 3.63) is 46.0 Å². The lowest BCUT2D eigenvalue weighted by molar-refractivity contribution is -0.160. The number of esters is 1. The fourth-order valence-corrected chi connectivity index (χ4v) is 6.63. The van der Waals surface area contributed by atoms with Gasteiger partial charge in [0, 0.05) is 0 Å². The molecule has 4 aromatic heterocycles. The number of aliphatic hydroxyl groups is 3. The molecule has 0 aliphatic carbocycles. The quantitative estimate of drug-likeness (QED) is 0.0646. The number of nitrogens with zero attached hydrogens (tertiary/aromatic N) is 6. The number of H-pyrrole nitrogens is 2. The molecule has 1 amide bonds. The fourth-order valence-electron chi connectivity index (χ4n) is 5.66. The van der Waals surface area contributed by atoms with Gasteiger partial charge in [0.2, 0.25) is 0 Å². The molecular weight excluding hydrogens is 733 g/mol. The molecule has 2 fully saturated rings. The van der Waals surface area contributed by atoms with Crippen molar-refractivity contribution in [2.45, 2.75) is 88.4 Å². The van der Waals surface area contributed by atoms with Gasteiger partial charge in [-0.05, 0) is 27.7 Å². The largest absolute Gasteiger partial charge is 0.472 e. The summed E-state index contributed by atoms with van der Waals surface area (Å²) in [4.78, 5) is 81.2. The summed E-state index contributed by atoms with van der Waals surface area (Å²) >= 11 is 0. The molecule has 0 spiro atoms. The van der Waals surface area contributed by atoms with E-state index in [-0.39, 0.29) is 22.3 Å². The van der Waals surface area contributed by atoms with Gasteiger partial charge in [0.25, 0.3) is 11.1 Å². The summed E-state index contributed by atoms with van der Waals surface area (Å²) in [6.45, 7) is 4.51. The minimum Gasteiger partial charge on any atom is -0.453 e. The lowest BCUT2D eigenvalue weighted by Gasteiger charge is -2.25. The van der Waals surface area contributed by atoms with Gasteiger partial charge >= 0.3 is 19.9 Å². The van der Waals surface area contributed by atoms with E-state index in [1.54, 1.807) is 20.8 Å². The van der Waals surface area contributed by atoms with Crippen LogP contribution in [0.25, 0.3) is 22.3 Å². The number of carbonyl (C=O) groups excluding carboxylic acids is 2. The van der Waals surface area contributed by atoms with E-state index >= 15 is 0 Å². The molecule has 288 valence electrons. The van der Waals surface area contributed by atoms with Gasteiger partial charge in [0.05, 0.1) is 38.5 Å². The number of phosphoric acid groups is 1. The second-order valence-corrected chi connectivity index (χ2v) is 14.4. The second kappa shape index (κ2) is 14.6. The number of imidazole rings is 2. The molecule has 0 bridgehead atoms. The normalized spacial score (nSPS) is 27.8. The Labute approximate surface area is 296 Å². The molecule has 7 N–H and O–H groups in total. The third-order valence-electron chi connectivity index (χ3n) is 8.08. The standard InChI is InChI=1S/C28H36N9O15P/c1-11(35-27(44)51-28(2,3)4)26(43)50-19-16(39)13(49-25(19)37-10-34-15-21(37)30-8-32-23(15)42)6-47-53(45,46)52-18-12(5-38)48-24(17(18)40)36-9-33-14-20(36)29-7-31-22(14)41/h7-13,16-19,24-25,38-40H,5-6H2,1-4H3,(H,35,44)(H,45,46)(H,29,31,41)(H,30,32,42)/t11-,12+,13+,16+,17+,18+,19+,24+,25+/m0/s1. The number of amides is 1. The molecule has 4 aromatic rings. The van der Waals surface area contributed by atoms with E-state index in [4.69, 9.17) is 28.0 Å². The number of aliphatic hydroxyl groups excluding tert-OH is 3. The van der Waals surface area contributed by atoms with Gasteiger partial charge < -0.3 is 54.4 Å². The maximum atomic E-state index is 13.2. The number of aromatic nitrogens is 8. The summed E-state index contributed by atoms with van der Waals surface area (Å²) in [5.41, 5.74) is -2.28. The van der Waals surface area contributed by atoms with Crippen LogP contribution < -0.4 is 16.4 Å². The van der Waals surface area contributed by atoms with E-state index in [1.807, 2.05) is 0 Å². The van der Waals surface area contributed by atoms with Crippen LogP contribution in [0.4, 0.5) is 4.79 Å². The van der Waals surface area contributed by atoms with Crippen molar-refractivity contribution in [1.82, 2.24) is 44.4 Å². The molecule has 6 rings (SSSR count). The van der Waals surface area contributed by atoms with Crippen molar-refractivity contribution in [3.63, 3.8) is 0 Å². The summed E-state index contributed by atoms with van der Waals surface area (Å²) in [6, 6.07) is -1.29. The van der Waals surface area contributed by atoms with Crippen LogP contribution in [-0.2, 0) is 37.4 Å². The van der Waals surface area contributed by atoms with E-state index in [0.717, 1.165) is 25.3 Å². The first-order chi connectivity index (χ1) is 25.0. The molecule has 0 radical (unpaired) electrons. The molecule has 25 heteroatoms. The van der Waals surface area contributed by atoms with E-state index < -0.39 is 105 Å². The molecule has 6 heterocycles. The maximum Gasteiger partial charge on any atom is 0.472 e. The van der Waals surface area contributed by atoms with Crippen molar-refractivity contribution in [2.75, 3.05) is 13.2 Å². The summed E-state index contributed by atoms with van der Waals surface area (Å²) in [5, 5.41) is 34.6. The number of nitrogens with one attached hydrogen (secondary N) is 3. The number of hydrogen-bond acceptors (Lipinski definition) is 18. The maximum absolute atomic E-state index is 13.2. The van der Waals surface area contributed by atoms with Crippen LogP contribution in [0, 0.1) is 0 Å². The first-order valence-corrected chi connectivity index (χ1v) is 17.4. The Morgan fingerprint density at radius 3 is 2.08 bits per heavy atom. The molecule has 2 saturated heterocycles. The molecule has 10 atom stereocenters. The third-order valence-corrected chi connectivity index (χ3v) is 9.06. The van der Waals surface area contributed by atoms with Crippen molar-refractivity contribution in [1.29, 1.82) is 0 Å². The molecule has 53 heavy (non-hydrogen) atoms. The molecule has 24 nitrogen and oxygen atoms in total. The van der Waals surface area contributed by atoms with Gasteiger partial charge in [-0.2, -0.15) is 0 Å². The molecule has 2 aliphatic heterocycles. The lowest BCUT2D eigenvalue weighted by Crippen LogP contribution is -2.45. The molecule has 0 aromatic carbocycles. The predicted octanol–water partition coefficient (Wildman–Crippen LogP) is -1.91. The Morgan fingerprint density at radius 1 is 0.943 bits per heavy atom. The van der Waals surface area contributed by atoms with E-state index in [9.17, 15) is 44.0 Å². The predicted molar refractivity (Wildman–Crippen MR) is 173 cm³/mol. The number of hydrogen-bond donors (Lipinski definition) is 7. The highest BCUT2D eigenvalue weighted by Gasteiger charge is 2.51. The minimum absolute atomic E-state index is 0.0104. The van der Waals surface area contributed by atoms with Gasteiger partial charge in [0.15, 0.2) is 40.9 Å². The monoisotopic (exact) mass is 769 g/mol. The molecular formula is C28H36N9O15P. The second-order valence-electron chi connectivity index (χ2n) is 13.0. The Hall–Kier alpha value is -4.65. The number of ether oxygens (including phenoxy) is 4. The SMILES string of the molecule is C[C@H](NC(=O)OC(C)(C)C)C(=O)O[C@@H]1[C@H](O)[C@@H](COP(=O)(O)O[C@H]2[C@@H](O)[C@H](n3cnc4c(=O)[nH]cnc43)O[C@@H]2CO)O[C@H]1n1cnc2c(=O)[nH]cnc21. The van der Waals surface area contributed by atoms with Crippen LogP contribution >= 0.6 is 7.82 Å². The lowest BCUT2D eigenvalue weighted by atomic mass is 10.1. The van der Waals surface area contributed by atoms with Crippen molar-refractivity contribution in [2.24, 2.45) is 0 Å². The Morgan fingerprint density at radius 2 is 1.51 bits per heavy atom. The zero-order valence-corrected chi connectivity index (χ0v) is 29.2. The van der Waals surface area contributed by atoms with Gasteiger partial charge in [-0.1, -0.05) is 0 Å². The van der Waals surface area contributed by atoms with E-state index in [1.165, 1.54) is 16.1 Å². The number of alkyl carbamates (subject to hydrolysis) is 1. The smallest absolute Gasteiger partial charge is 0.453 e. The molecule has 0 saturated carbocycles. The van der Waals surface area contributed by atoms with Gasteiger partial charge in [-0.15, -0.1) is 0 Å². The Balaban J connectivity index is 1.17. The summed E-state index contributed by atoms with van der Waals surface area (Å²) in [6.07, 6.45) is -8.90. The van der Waals surface area contributed by atoms with Crippen molar-refractivity contribution in [3.8, 4) is 0 Å². The third kappa shape index (κ3) is 7.85. The first-order valence-electron chi connectivity index (χ1n) is 15.9. The highest BCUT2D eigenvalue weighted by atomic mass is 31.2. The Kier molecular flexibility index (Phi) is 10.5. The minimum atomic E-state index is -5.17. The Bertz CT molecular complexity index is 2150. The van der Waals surface area contributed by atoms with Gasteiger partial charge in [0.1, 0.15) is 42.2 Å². The highest BCUT2D eigenvalue weighted by Crippen LogP contribution is 2.49. The van der Waals surface area contributed by atoms with Crippen LogP contribution in [0.3, 0.4) is 0 Å². The summed E-state index contributed by atoms with van der Waals surface area (Å²) < 4.78 is 48.2. The average molecular weight is 770 g/mol. The highest BCUT2D eigenvalue weighted by molar-refractivity contribution is 7.47. The summed E-state index contributed by atoms with van der Waals surface area (Å²) in [7, 11) is -5.17. The fraction of sp³-hybridized carbons (Fsp3) is 0.571. The van der Waals surface area contributed by atoms with Crippen LogP contribution in [0.5, 0.6) is 0 Å². The van der Waals surface area contributed by atoms with Crippen molar-refractivity contribution >= 4 is 42.2 Å². The van der Waals surface area contributed by atoms with Crippen LogP contribution in [0.15, 0.2) is 34.9 Å². The number of aromatic amines is 2. The zero-order chi connectivity index (χ0) is 38.4. The van der Waals surface area contributed by atoms with E-state index in [0.29, 0.717) is 0 Å². The topological polar surface area (TPSA) is 327 Å². The van der Waals surface area contributed by atoms with Crippen LogP contribution in [-0.4, -0.2) is 133 Å². The van der Waals surface area contributed by atoms with Crippen LogP contribution in [0.2, 0.25) is 0 Å². The van der Waals surface area contributed by atoms with E-state index in [2.05, 4.69) is 35.2 Å². The number of fused-ring (bicyclic) bond motifs is 2. The van der Waals surface area contributed by atoms with Crippen LogP contribution in [0.1, 0.15) is 40.2 Å². The molecule has 2 aliphatic rings. The molecule has 1 unspecified atom stereocenters. The zero-order valence-electron chi connectivity index (χ0n) is 28.3. The van der Waals surface area contributed by atoms with Crippen molar-refractivity contribution < 1.29 is 62.4 Å². The van der Waals surface area contributed by atoms with Gasteiger partial charge in [-0.25, -0.2) is 34.1 Å². The number of carbonyl (C=O) groups is 2.